The molecule has 4 heteroatoms. The lowest BCUT2D eigenvalue weighted by atomic mass is 10.2. The molecule has 1 aromatic heterocycles. The van der Waals surface area contributed by atoms with E-state index >= 15 is 0 Å². The van der Waals surface area contributed by atoms with Crippen LogP contribution in [0.4, 0.5) is 0 Å². The average Bonchev–Trinajstić information content (AvgIpc) is 2.53. The predicted octanol–water partition coefficient (Wildman–Crippen LogP) is 4.67. The molecule has 14 heavy (non-hydrogen) atoms. The zero-order chi connectivity index (χ0) is 10.1. The lowest BCUT2D eigenvalue weighted by molar-refractivity contribution is 0.343. The second-order valence-electron chi connectivity index (χ2n) is 2.77. The number of fused-ring (bicyclic) bond motifs is 1. The van der Waals surface area contributed by atoms with Gasteiger partial charge in [-0.05, 0) is 51.5 Å². The zero-order valence-electron chi connectivity index (χ0n) is 7.51. The zero-order valence-corrected chi connectivity index (χ0v) is 12.1. The summed E-state index contributed by atoms with van der Waals surface area (Å²) in [6.45, 7) is 2.70. The molecule has 1 nitrogen and oxygen atoms in total. The van der Waals surface area contributed by atoms with Crippen LogP contribution in [-0.4, -0.2) is 6.61 Å². The highest BCUT2D eigenvalue weighted by atomic mass is 127. The van der Waals surface area contributed by atoms with Gasteiger partial charge in [-0.3, -0.25) is 0 Å². The van der Waals surface area contributed by atoms with Gasteiger partial charge in [0.25, 0.3) is 0 Å². The van der Waals surface area contributed by atoms with Crippen molar-refractivity contribution in [2.75, 3.05) is 6.61 Å². The highest BCUT2D eigenvalue weighted by Crippen LogP contribution is 2.39. The fourth-order valence-electron chi connectivity index (χ4n) is 1.30. The minimum absolute atomic E-state index is 0.701. The monoisotopic (exact) mass is 382 g/mol. The van der Waals surface area contributed by atoms with Crippen molar-refractivity contribution in [2.24, 2.45) is 0 Å². The van der Waals surface area contributed by atoms with Gasteiger partial charge in [0.1, 0.15) is 0 Å². The standard InChI is InChI=1S/C10H8BrIOS/c1-2-13-9-7(11)4-3-6-8(12)5-14-10(6)9/h3-5H,2H2,1H3. The Morgan fingerprint density at radius 2 is 2.29 bits per heavy atom. The molecule has 74 valence electrons. The average molecular weight is 383 g/mol. The van der Waals surface area contributed by atoms with E-state index in [4.69, 9.17) is 4.74 Å². The summed E-state index contributed by atoms with van der Waals surface area (Å²) >= 11 is 7.59. The smallest absolute Gasteiger partial charge is 0.151 e. The largest absolute Gasteiger partial charge is 0.491 e. The molecule has 0 atom stereocenters. The molecule has 0 saturated carbocycles. The molecule has 1 aromatic carbocycles. The molecule has 0 spiro atoms. The Kier molecular flexibility index (Phi) is 3.34. The van der Waals surface area contributed by atoms with E-state index in [1.807, 2.05) is 13.0 Å². The number of hydrogen-bond acceptors (Lipinski definition) is 2. The molecule has 0 saturated heterocycles. The van der Waals surface area contributed by atoms with Gasteiger partial charge in [-0.25, -0.2) is 0 Å². The summed E-state index contributed by atoms with van der Waals surface area (Å²) in [7, 11) is 0. The summed E-state index contributed by atoms with van der Waals surface area (Å²) in [5.41, 5.74) is 0. The van der Waals surface area contributed by atoms with Crippen LogP contribution in [0.1, 0.15) is 6.92 Å². The maximum atomic E-state index is 5.62. The molecule has 0 unspecified atom stereocenters. The van der Waals surface area contributed by atoms with E-state index in [2.05, 4.69) is 50.0 Å². The summed E-state index contributed by atoms with van der Waals surface area (Å²) < 4.78 is 9.17. The van der Waals surface area contributed by atoms with Crippen molar-refractivity contribution in [3.63, 3.8) is 0 Å². The molecule has 0 aliphatic carbocycles. The third-order valence-electron chi connectivity index (χ3n) is 1.89. The Morgan fingerprint density at radius 1 is 1.50 bits per heavy atom. The quantitative estimate of drug-likeness (QED) is 0.686. The van der Waals surface area contributed by atoms with Gasteiger partial charge in [0.2, 0.25) is 0 Å². The molecular formula is C10H8BrIOS. The number of thiophene rings is 1. The molecule has 1 heterocycles. The Balaban J connectivity index is 2.70. The van der Waals surface area contributed by atoms with E-state index in [-0.39, 0.29) is 0 Å². The van der Waals surface area contributed by atoms with Gasteiger partial charge in [-0.15, -0.1) is 11.3 Å². The number of halogens is 2. The minimum atomic E-state index is 0.701. The van der Waals surface area contributed by atoms with Crippen LogP contribution in [0.25, 0.3) is 10.1 Å². The molecule has 0 radical (unpaired) electrons. The molecular weight excluding hydrogens is 375 g/mol. The van der Waals surface area contributed by atoms with Crippen molar-refractivity contribution >= 4 is 59.9 Å². The van der Waals surface area contributed by atoms with Crippen LogP contribution in [0.5, 0.6) is 5.75 Å². The second kappa shape index (κ2) is 4.37. The second-order valence-corrected chi connectivity index (χ2v) is 5.67. The van der Waals surface area contributed by atoms with E-state index in [0.29, 0.717) is 6.61 Å². The molecule has 0 aliphatic heterocycles. The highest BCUT2D eigenvalue weighted by molar-refractivity contribution is 14.1. The van der Waals surface area contributed by atoms with Crippen molar-refractivity contribution in [1.82, 2.24) is 0 Å². The van der Waals surface area contributed by atoms with Crippen LogP contribution < -0.4 is 4.74 Å². The fraction of sp³-hybridized carbons (Fsp3) is 0.200. The van der Waals surface area contributed by atoms with Gasteiger partial charge in [-0.2, -0.15) is 0 Å². The van der Waals surface area contributed by atoms with E-state index in [1.165, 1.54) is 13.7 Å². The minimum Gasteiger partial charge on any atom is -0.491 e. The number of ether oxygens (including phenoxy) is 1. The maximum absolute atomic E-state index is 5.62. The molecule has 0 aliphatic rings. The topological polar surface area (TPSA) is 9.23 Å². The Hall–Kier alpha value is 0.190. The first kappa shape index (κ1) is 10.7. The SMILES string of the molecule is CCOc1c(Br)ccc2c(I)csc12. The fourth-order valence-corrected chi connectivity index (χ4v) is 3.82. The van der Waals surface area contributed by atoms with Crippen LogP contribution >= 0.6 is 49.9 Å². The number of benzene rings is 1. The van der Waals surface area contributed by atoms with Crippen LogP contribution in [-0.2, 0) is 0 Å². The molecule has 0 amide bonds. The summed E-state index contributed by atoms with van der Waals surface area (Å²) in [6, 6.07) is 4.17. The summed E-state index contributed by atoms with van der Waals surface area (Å²) in [5.74, 6) is 0.970. The van der Waals surface area contributed by atoms with Crippen LogP contribution in [0.2, 0.25) is 0 Å². The van der Waals surface area contributed by atoms with Crippen molar-refractivity contribution in [3.05, 3.63) is 25.6 Å². The lowest BCUT2D eigenvalue weighted by Crippen LogP contribution is -1.92. The highest BCUT2D eigenvalue weighted by Gasteiger charge is 2.10. The van der Waals surface area contributed by atoms with Crippen molar-refractivity contribution < 1.29 is 4.74 Å². The van der Waals surface area contributed by atoms with Gasteiger partial charge in [0.05, 0.1) is 15.8 Å². The van der Waals surface area contributed by atoms with E-state index in [1.54, 1.807) is 11.3 Å². The maximum Gasteiger partial charge on any atom is 0.151 e. The Bertz CT molecular complexity index is 466. The van der Waals surface area contributed by atoms with Gasteiger partial charge >= 0.3 is 0 Å². The Morgan fingerprint density at radius 3 is 3.00 bits per heavy atom. The van der Waals surface area contributed by atoms with Crippen LogP contribution in [0, 0.1) is 3.57 Å². The molecule has 2 rings (SSSR count). The van der Waals surface area contributed by atoms with Gasteiger partial charge in [0.15, 0.2) is 5.75 Å². The van der Waals surface area contributed by atoms with Gasteiger partial charge in [0, 0.05) is 14.3 Å². The van der Waals surface area contributed by atoms with Gasteiger partial charge in [-0.1, -0.05) is 6.07 Å². The molecule has 2 aromatic rings. The summed E-state index contributed by atoms with van der Waals surface area (Å²) in [4.78, 5) is 0. The van der Waals surface area contributed by atoms with Crippen molar-refractivity contribution in [3.8, 4) is 5.75 Å². The lowest BCUT2D eigenvalue weighted by Gasteiger charge is -2.06. The van der Waals surface area contributed by atoms with E-state index in [0.717, 1.165) is 10.2 Å². The Labute approximate surface area is 109 Å². The predicted molar refractivity (Wildman–Crippen MR) is 73.4 cm³/mol. The first-order valence-corrected chi connectivity index (χ1v) is 6.97. The van der Waals surface area contributed by atoms with Gasteiger partial charge < -0.3 is 4.74 Å². The summed E-state index contributed by atoms with van der Waals surface area (Å²) in [5, 5.41) is 3.43. The third kappa shape index (κ3) is 1.79. The third-order valence-corrected chi connectivity index (χ3v) is 4.82. The van der Waals surface area contributed by atoms with Crippen molar-refractivity contribution in [1.29, 1.82) is 0 Å². The summed E-state index contributed by atoms with van der Waals surface area (Å²) in [6.07, 6.45) is 0. The van der Waals surface area contributed by atoms with Crippen LogP contribution in [0.3, 0.4) is 0 Å². The first-order valence-electron chi connectivity index (χ1n) is 4.22. The first-order chi connectivity index (χ1) is 6.74. The van der Waals surface area contributed by atoms with Crippen LogP contribution in [0.15, 0.2) is 22.0 Å². The molecule has 0 fully saturated rings. The molecule has 0 bridgehead atoms. The van der Waals surface area contributed by atoms with E-state index < -0.39 is 0 Å². The number of rotatable bonds is 2. The van der Waals surface area contributed by atoms with Crippen molar-refractivity contribution in [2.45, 2.75) is 6.92 Å². The number of hydrogen-bond donors (Lipinski definition) is 0. The normalized spacial score (nSPS) is 10.8. The molecule has 0 N–H and O–H groups in total. The van der Waals surface area contributed by atoms with E-state index in [9.17, 15) is 0 Å².